The molecule has 3 aromatic rings. The highest BCUT2D eigenvalue weighted by atomic mass is 16.2. The topological polar surface area (TPSA) is 110 Å². The molecule has 3 atom stereocenters. The molecule has 2 aliphatic rings. The molecule has 1 aliphatic heterocycles. The third kappa shape index (κ3) is 3.77. The van der Waals surface area contributed by atoms with Crippen LogP contribution in [-0.4, -0.2) is 43.4 Å². The minimum Gasteiger partial charge on any atom is -0.339 e. The molecular weight excluding hydrogens is 428 g/mol. The number of aromatic amines is 1. The van der Waals surface area contributed by atoms with Gasteiger partial charge in [-0.05, 0) is 55.4 Å². The van der Waals surface area contributed by atoms with Crippen LogP contribution >= 0.6 is 0 Å². The Labute approximate surface area is 198 Å². The van der Waals surface area contributed by atoms with Crippen LogP contribution in [0.3, 0.4) is 0 Å². The van der Waals surface area contributed by atoms with Crippen LogP contribution in [0.5, 0.6) is 0 Å². The first kappa shape index (κ1) is 22.3. The summed E-state index contributed by atoms with van der Waals surface area (Å²) >= 11 is 0. The minimum absolute atomic E-state index is 0.0226. The molecule has 176 valence electrons. The smallest absolute Gasteiger partial charge is 0.327 e. The predicted molar refractivity (Wildman–Crippen MR) is 131 cm³/mol. The highest BCUT2D eigenvalue weighted by Crippen LogP contribution is 2.40. The number of rotatable bonds is 4. The Morgan fingerprint density at radius 2 is 1.85 bits per heavy atom. The number of carbonyl (C=O) groups is 1. The molecule has 3 N–H and O–H groups in total. The van der Waals surface area contributed by atoms with Crippen LogP contribution < -0.4 is 11.4 Å². The van der Waals surface area contributed by atoms with E-state index in [2.05, 4.69) is 28.1 Å². The Morgan fingerprint density at radius 1 is 1.12 bits per heavy atom. The summed E-state index contributed by atoms with van der Waals surface area (Å²) in [6.07, 6.45) is 8.31. The second-order valence-electron chi connectivity index (χ2n) is 9.25. The molecule has 0 radical (unpaired) electrons. The average Bonchev–Trinajstić information content (AvgIpc) is 3.13. The maximum absolute atomic E-state index is 13.5. The van der Waals surface area contributed by atoms with Gasteiger partial charge in [0.2, 0.25) is 5.91 Å². The van der Waals surface area contributed by atoms with Crippen molar-refractivity contribution < 1.29 is 4.79 Å². The van der Waals surface area contributed by atoms with E-state index in [4.69, 9.17) is 5.73 Å². The second-order valence-corrected chi connectivity index (χ2v) is 9.25. The van der Waals surface area contributed by atoms with Crippen LogP contribution in [0.25, 0.3) is 11.2 Å². The Morgan fingerprint density at radius 3 is 2.62 bits per heavy atom. The third-order valence-electron chi connectivity index (χ3n) is 7.42. The third-order valence-corrected chi connectivity index (χ3v) is 7.42. The zero-order valence-electron chi connectivity index (χ0n) is 19.2. The van der Waals surface area contributed by atoms with E-state index in [-0.39, 0.29) is 35.5 Å². The van der Waals surface area contributed by atoms with Gasteiger partial charge in [0.15, 0.2) is 5.65 Å². The van der Waals surface area contributed by atoms with Crippen molar-refractivity contribution in [2.45, 2.75) is 43.7 Å². The summed E-state index contributed by atoms with van der Waals surface area (Å²) in [5.74, 6) is -0.0751. The zero-order chi connectivity index (χ0) is 23.8. The number of H-pyrrole nitrogens is 1. The molecule has 0 saturated carbocycles. The molecular formula is C26H30N6O2. The lowest BCUT2D eigenvalue weighted by atomic mass is 9.89. The molecule has 1 fully saturated rings. The Kier molecular flexibility index (Phi) is 5.91. The van der Waals surface area contributed by atoms with E-state index in [9.17, 15) is 9.59 Å². The number of piperidine rings is 1. The van der Waals surface area contributed by atoms with Crippen molar-refractivity contribution in [3.8, 4) is 0 Å². The fraction of sp³-hybridized carbons (Fsp3) is 0.385. The van der Waals surface area contributed by atoms with Gasteiger partial charge in [-0.15, -0.1) is 6.58 Å². The van der Waals surface area contributed by atoms with Crippen LogP contribution in [0.4, 0.5) is 0 Å². The summed E-state index contributed by atoms with van der Waals surface area (Å²) in [5, 5.41) is 0. The molecule has 0 unspecified atom stereocenters. The van der Waals surface area contributed by atoms with Gasteiger partial charge in [-0.3, -0.25) is 19.3 Å². The number of fused-ring (bicyclic) bond motifs is 2. The molecule has 1 saturated heterocycles. The number of amides is 1. The van der Waals surface area contributed by atoms with Crippen LogP contribution in [0.15, 0.2) is 66.3 Å². The maximum Gasteiger partial charge on any atom is 0.327 e. The maximum atomic E-state index is 13.5. The van der Waals surface area contributed by atoms with Crippen LogP contribution in [0.1, 0.15) is 54.9 Å². The summed E-state index contributed by atoms with van der Waals surface area (Å²) in [6, 6.07) is 7.45. The van der Waals surface area contributed by atoms with Crippen LogP contribution in [-0.2, 0) is 4.79 Å². The number of pyridine rings is 2. The Balaban J connectivity index is 1.32. The first-order valence-electron chi connectivity index (χ1n) is 11.9. The predicted octanol–water partition coefficient (Wildman–Crippen LogP) is 3.22. The van der Waals surface area contributed by atoms with Gasteiger partial charge in [-0.2, -0.15) is 0 Å². The summed E-state index contributed by atoms with van der Waals surface area (Å²) in [4.78, 5) is 39.6. The lowest BCUT2D eigenvalue weighted by Gasteiger charge is -2.34. The number of hydrogen-bond acceptors (Lipinski definition) is 5. The number of carbonyl (C=O) groups excluding carboxylic acids is 1. The van der Waals surface area contributed by atoms with E-state index in [0.29, 0.717) is 37.2 Å². The fourth-order valence-corrected chi connectivity index (χ4v) is 5.51. The zero-order valence-corrected chi connectivity index (χ0v) is 19.2. The van der Waals surface area contributed by atoms with Crippen LogP contribution in [0, 0.1) is 5.92 Å². The Hall–Kier alpha value is -3.52. The standard InChI is InChI=1S/C26H30N6O2/c1-3-17-8-9-19(23-20(22(17)27)6-4-12-28-23)16(2)25(33)31-14-10-18(11-15-31)32-21-7-5-13-29-24(21)30-26(32)34/h3-7,12-13,17-19,22H,1-2,8-11,14-15,27H2,(H,29,30,34)/t17-,19-,22+/m1/s1. The lowest BCUT2D eigenvalue weighted by molar-refractivity contribution is -0.128. The van der Waals surface area contributed by atoms with Crippen molar-refractivity contribution in [3.63, 3.8) is 0 Å². The fourth-order valence-electron chi connectivity index (χ4n) is 5.51. The highest BCUT2D eigenvalue weighted by molar-refractivity contribution is 5.94. The van der Waals surface area contributed by atoms with Crippen LogP contribution in [0.2, 0.25) is 0 Å². The summed E-state index contributed by atoms with van der Waals surface area (Å²) in [5.41, 5.74) is 10.1. The molecule has 4 heterocycles. The highest BCUT2D eigenvalue weighted by Gasteiger charge is 2.35. The van der Waals surface area contributed by atoms with Crippen molar-refractivity contribution in [1.29, 1.82) is 0 Å². The number of aromatic nitrogens is 4. The van der Waals surface area contributed by atoms with E-state index < -0.39 is 0 Å². The van der Waals surface area contributed by atoms with Crippen molar-refractivity contribution in [1.82, 2.24) is 24.4 Å². The van der Waals surface area contributed by atoms with Crippen molar-refractivity contribution in [2.75, 3.05) is 13.1 Å². The van der Waals surface area contributed by atoms with Gasteiger partial charge in [0.1, 0.15) is 0 Å². The minimum atomic E-state index is -0.186. The molecule has 1 amide bonds. The van der Waals surface area contributed by atoms with Crippen molar-refractivity contribution in [3.05, 3.63) is 83.2 Å². The van der Waals surface area contributed by atoms with E-state index in [0.717, 1.165) is 29.6 Å². The Bertz CT molecular complexity index is 1300. The summed E-state index contributed by atoms with van der Waals surface area (Å²) < 4.78 is 1.78. The number of nitrogens with zero attached hydrogens (tertiary/aromatic N) is 4. The molecule has 1 aliphatic carbocycles. The van der Waals surface area contributed by atoms with Gasteiger partial charge in [-0.1, -0.05) is 18.7 Å². The normalized spacial score (nSPS) is 23.3. The van der Waals surface area contributed by atoms with E-state index >= 15 is 0 Å². The van der Waals surface area contributed by atoms with Crippen molar-refractivity contribution in [2.24, 2.45) is 11.7 Å². The van der Waals surface area contributed by atoms with E-state index in [1.165, 1.54) is 0 Å². The summed E-state index contributed by atoms with van der Waals surface area (Å²) in [6.45, 7) is 9.32. The number of nitrogens with two attached hydrogens (primary N) is 1. The number of nitrogens with one attached hydrogen (secondary N) is 1. The molecule has 5 rings (SSSR count). The molecule has 0 aromatic carbocycles. The van der Waals surface area contributed by atoms with E-state index in [1.54, 1.807) is 17.0 Å². The van der Waals surface area contributed by atoms with Crippen molar-refractivity contribution >= 4 is 17.1 Å². The van der Waals surface area contributed by atoms with Gasteiger partial charge in [0.25, 0.3) is 0 Å². The van der Waals surface area contributed by atoms with Gasteiger partial charge in [0.05, 0.1) is 11.2 Å². The molecule has 34 heavy (non-hydrogen) atoms. The largest absolute Gasteiger partial charge is 0.339 e. The quantitative estimate of drug-likeness (QED) is 0.354. The lowest BCUT2D eigenvalue weighted by Crippen LogP contribution is -2.41. The van der Waals surface area contributed by atoms with Gasteiger partial charge in [0, 0.05) is 49.1 Å². The number of hydrogen-bond donors (Lipinski definition) is 2. The van der Waals surface area contributed by atoms with Gasteiger partial charge in [-0.25, -0.2) is 9.78 Å². The second kappa shape index (κ2) is 9.02. The first-order chi connectivity index (χ1) is 16.5. The molecule has 0 bridgehead atoms. The van der Waals surface area contributed by atoms with Gasteiger partial charge < -0.3 is 10.6 Å². The summed E-state index contributed by atoms with van der Waals surface area (Å²) in [7, 11) is 0. The SMILES string of the molecule is C=C[C@@H]1CC[C@H](C(=C)C(=O)N2CCC(n3c(=O)[nH]c4ncccc43)CC2)c2ncccc2[C@H]1N. The average molecular weight is 459 g/mol. The number of likely N-dealkylation sites (tertiary alicyclic amines) is 1. The molecule has 0 spiro atoms. The molecule has 3 aromatic heterocycles. The number of imidazole rings is 1. The van der Waals surface area contributed by atoms with Gasteiger partial charge >= 0.3 is 5.69 Å². The molecule has 8 nitrogen and oxygen atoms in total. The van der Waals surface area contributed by atoms with E-state index in [1.807, 2.05) is 35.2 Å². The first-order valence-corrected chi connectivity index (χ1v) is 11.9. The molecule has 8 heteroatoms. The monoisotopic (exact) mass is 458 g/mol.